The van der Waals surface area contributed by atoms with Gasteiger partial charge in [0.1, 0.15) is 5.75 Å². The Morgan fingerprint density at radius 3 is 2.50 bits per heavy atom. The van der Waals surface area contributed by atoms with Crippen LogP contribution in [0.1, 0.15) is 11.1 Å². The molecule has 0 amide bonds. The van der Waals surface area contributed by atoms with Crippen LogP contribution < -0.4 is 4.74 Å². The van der Waals surface area contributed by atoms with Gasteiger partial charge in [0.15, 0.2) is 0 Å². The van der Waals surface area contributed by atoms with Crippen molar-refractivity contribution < 1.29 is 4.74 Å². The zero-order valence-electron chi connectivity index (χ0n) is 8.79. The average molecular weight is 186 g/mol. The number of hydrogen-bond donors (Lipinski definition) is 0. The number of benzene rings is 2. The van der Waals surface area contributed by atoms with E-state index in [1.165, 1.54) is 21.9 Å². The summed E-state index contributed by atoms with van der Waals surface area (Å²) in [7, 11) is 1.71. The Hall–Kier alpha value is -1.50. The molecule has 2 rings (SSSR count). The molecular formula is C13H14O. The Kier molecular flexibility index (Phi) is 2.16. The predicted molar refractivity (Wildman–Crippen MR) is 60.0 cm³/mol. The summed E-state index contributed by atoms with van der Waals surface area (Å²) < 4.78 is 5.28. The van der Waals surface area contributed by atoms with Gasteiger partial charge in [-0.2, -0.15) is 0 Å². The molecule has 0 unspecified atom stereocenters. The molecule has 1 nitrogen and oxygen atoms in total. The Bertz CT molecular complexity index is 472. The van der Waals surface area contributed by atoms with Crippen molar-refractivity contribution in [2.75, 3.05) is 7.11 Å². The number of methoxy groups -OCH3 is 1. The largest absolute Gasteiger partial charge is 0.496 e. The Balaban J connectivity index is 2.77. The van der Waals surface area contributed by atoms with Gasteiger partial charge in [0.2, 0.25) is 0 Å². The molecule has 0 fully saturated rings. The molecule has 0 aromatic heterocycles. The fourth-order valence-corrected chi connectivity index (χ4v) is 1.81. The van der Waals surface area contributed by atoms with E-state index in [4.69, 9.17) is 4.74 Å². The summed E-state index contributed by atoms with van der Waals surface area (Å²) >= 11 is 0. The van der Waals surface area contributed by atoms with Crippen molar-refractivity contribution in [3.63, 3.8) is 0 Å². The SMILES string of the molecule is COc1ccc2cc(C)ccc2c1C. The quantitative estimate of drug-likeness (QED) is 0.662. The molecule has 2 aromatic rings. The van der Waals surface area contributed by atoms with Gasteiger partial charge in [-0.1, -0.05) is 29.8 Å². The third kappa shape index (κ3) is 1.35. The minimum atomic E-state index is 0.960. The van der Waals surface area contributed by atoms with E-state index in [1.807, 2.05) is 6.07 Å². The molecule has 0 N–H and O–H groups in total. The molecule has 0 aliphatic carbocycles. The maximum Gasteiger partial charge on any atom is 0.122 e. The number of aryl methyl sites for hydroxylation is 2. The molecule has 0 saturated heterocycles. The second kappa shape index (κ2) is 3.33. The molecule has 0 spiro atoms. The third-order valence-electron chi connectivity index (χ3n) is 2.61. The summed E-state index contributed by atoms with van der Waals surface area (Å²) in [5.41, 5.74) is 2.51. The zero-order valence-corrected chi connectivity index (χ0v) is 8.79. The number of fused-ring (bicyclic) bond motifs is 1. The lowest BCUT2D eigenvalue weighted by molar-refractivity contribution is 0.412. The molecule has 0 bridgehead atoms. The first kappa shape index (κ1) is 9.07. The molecule has 2 aromatic carbocycles. The van der Waals surface area contributed by atoms with E-state index in [-0.39, 0.29) is 0 Å². The molecule has 0 atom stereocenters. The second-order valence-electron chi connectivity index (χ2n) is 3.62. The first-order valence-corrected chi connectivity index (χ1v) is 4.76. The van der Waals surface area contributed by atoms with Gasteiger partial charge in [-0.25, -0.2) is 0 Å². The molecule has 1 heteroatoms. The minimum absolute atomic E-state index is 0.960. The normalized spacial score (nSPS) is 10.5. The van der Waals surface area contributed by atoms with Crippen molar-refractivity contribution in [1.29, 1.82) is 0 Å². The van der Waals surface area contributed by atoms with E-state index >= 15 is 0 Å². The van der Waals surface area contributed by atoms with Crippen molar-refractivity contribution in [2.24, 2.45) is 0 Å². The third-order valence-corrected chi connectivity index (χ3v) is 2.61. The molecule has 0 heterocycles. The van der Waals surface area contributed by atoms with Crippen molar-refractivity contribution in [1.82, 2.24) is 0 Å². The molecule has 0 aliphatic heterocycles. The van der Waals surface area contributed by atoms with Gasteiger partial charge < -0.3 is 4.74 Å². The predicted octanol–water partition coefficient (Wildman–Crippen LogP) is 3.47. The van der Waals surface area contributed by atoms with Gasteiger partial charge >= 0.3 is 0 Å². The highest BCUT2D eigenvalue weighted by Crippen LogP contribution is 2.27. The molecule has 0 radical (unpaired) electrons. The summed E-state index contributed by atoms with van der Waals surface area (Å²) in [6.45, 7) is 4.20. The Morgan fingerprint density at radius 1 is 1.00 bits per heavy atom. The fourth-order valence-electron chi connectivity index (χ4n) is 1.81. The van der Waals surface area contributed by atoms with Gasteiger partial charge in [0.05, 0.1) is 7.11 Å². The lowest BCUT2D eigenvalue weighted by Crippen LogP contribution is -1.88. The lowest BCUT2D eigenvalue weighted by Gasteiger charge is -2.08. The second-order valence-corrected chi connectivity index (χ2v) is 3.62. The van der Waals surface area contributed by atoms with Crippen LogP contribution in [0.15, 0.2) is 30.3 Å². The van der Waals surface area contributed by atoms with Crippen LogP contribution in [0.3, 0.4) is 0 Å². The molecule has 0 saturated carbocycles. The van der Waals surface area contributed by atoms with Crippen LogP contribution in [0.5, 0.6) is 5.75 Å². The Morgan fingerprint density at radius 2 is 1.79 bits per heavy atom. The summed E-state index contributed by atoms with van der Waals surface area (Å²) in [5.74, 6) is 0.960. The van der Waals surface area contributed by atoms with Crippen LogP contribution in [0, 0.1) is 13.8 Å². The number of ether oxygens (including phenoxy) is 1. The summed E-state index contributed by atoms with van der Waals surface area (Å²) in [5, 5.41) is 2.55. The smallest absolute Gasteiger partial charge is 0.122 e. The highest BCUT2D eigenvalue weighted by atomic mass is 16.5. The molecule has 14 heavy (non-hydrogen) atoms. The fraction of sp³-hybridized carbons (Fsp3) is 0.231. The highest BCUT2D eigenvalue weighted by Gasteiger charge is 2.02. The van der Waals surface area contributed by atoms with Crippen molar-refractivity contribution in [3.8, 4) is 5.75 Å². The summed E-state index contributed by atoms with van der Waals surface area (Å²) in [6.07, 6.45) is 0. The van der Waals surface area contributed by atoms with Crippen LogP contribution in [0.25, 0.3) is 10.8 Å². The molecule has 0 aliphatic rings. The van der Waals surface area contributed by atoms with Crippen LogP contribution in [0.2, 0.25) is 0 Å². The van der Waals surface area contributed by atoms with Gasteiger partial charge in [-0.05, 0) is 36.2 Å². The topological polar surface area (TPSA) is 9.23 Å². The maximum absolute atomic E-state index is 5.28. The molecular weight excluding hydrogens is 172 g/mol. The average Bonchev–Trinajstić information content (AvgIpc) is 2.18. The van der Waals surface area contributed by atoms with E-state index in [0.717, 1.165) is 5.75 Å². The van der Waals surface area contributed by atoms with Crippen molar-refractivity contribution in [3.05, 3.63) is 41.5 Å². The van der Waals surface area contributed by atoms with Crippen LogP contribution in [0.4, 0.5) is 0 Å². The van der Waals surface area contributed by atoms with E-state index in [2.05, 4.69) is 38.1 Å². The van der Waals surface area contributed by atoms with Crippen LogP contribution >= 0.6 is 0 Å². The monoisotopic (exact) mass is 186 g/mol. The van der Waals surface area contributed by atoms with E-state index in [0.29, 0.717) is 0 Å². The first-order chi connectivity index (χ1) is 6.72. The number of hydrogen-bond acceptors (Lipinski definition) is 1. The van der Waals surface area contributed by atoms with E-state index in [1.54, 1.807) is 7.11 Å². The number of rotatable bonds is 1. The first-order valence-electron chi connectivity index (χ1n) is 4.76. The standard InChI is InChI=1S/C13H14O/c1-9-4-6-12-10(2)13(14-3)7-5-11(12)8-9/h4-8H,1-3H3. The van der Waals surface area contributed by atoms with Crippen LogP contribution in [-0.2, 0) is 0 Å². The van der Waals surface area contributed by atoms with Gasteiger partial charge in [0.25, 0.3) is 0 Å². The van der Waals surface area contributed by atoms with Gasteiger partial charge in [-0.3, -0.25) is 0 Å². The summed E-state index contributed by atoms with van der Waals surface area (Å²) in [4.78, 5) is 0. The van der Waals surface area contributed by atoms with Crippen molar-refractivity contribution in [2.45, 2.75) is 13.8 Å². The van der Waals surface area contributed by atoms with Crippen LogP contribution in [-0.4, -0.2) is 7.11 Å². The zero-order chi connectivity index (χ0) is 10.1. The van der Waals surface area contributed by atoms with E-state index in [9.17, 15) is 0 Å². The van der Waals surface area contributed by atoms with Gasteiger partial charge in [0, 0.05) is 0 Å². The Labute approximate surface area is 84.3 Å². The van der Waals surface area contributed by atoms with Crippen molar-refractivity contribution >= 4 is 10.8 Å². The highest BCUT2D eigenvalue weighted by molar-refractivity contribution is 5.88. The minimum Gasteiger partial charge on any atom is -0.496 e. The van der Waals surface area contributed by atoms with Gasteiger partial charge in [-0.15, -0.1) is 0 Å². The summed E-state index contributed by atoms with van der Waals surface area (Å²) in [6, 6.07) is 10.6. The van der Waals surface area contributed by atoms with E-state index < -0.39 is 0 Å². The molecule has 72 valence electrons. The maximum atomic E-state index is 5.28. The lowest BCUT2D eigenvalue weighted by atomic mass is 10.0.